The second-order valence-corrected chi connectivity index (χ2v) is 8.61. The smallest absolute Gasteiger partial charge is 0.282 e. The maximum atomic E-state index is 12.8. The summed E-state index contributed by atoms with van der Waals surface area (Å²) >= 11 is 5.86. The minimum Gasteiger partial charge on any atom is -0.359 e. The zero-order chi connectivity index (χ0) is 22.1. The standard InChI is InChI=1S/C20H19ClN4O4S/c1-12(23-15-5-3-14(21)4-6-15)11-18(26)19-13(2)24-25(20(19)27)16-7-9-17(10-8-16)30(22,28)29/h3-11,23-24H,1-2H3,(H2,22,28,29)/b12-11-. The summed E-state index contributed by atoms with van der Waals surface area (Å²) in [7, 11) is -3.84. The molecule has 1 heterocycles. The minimum atomic E-state index is -3.84. The number of nitrogens with two attached hydrogens (primary N) is 1. The molecule has 0 amide bonds. The predicted octanol–water partition coefficient (Wildman–Crippen LogP) is 2.97. The van der Waals surface area contributed by atoms with E-state index in [0.717, 1.165) is 5.69 Å². The maximum absolute atomic E-state index is 12.8. The highest BCUT2D eigenvalue weighted by Crippen LogP contribution is 2.16. The molecule has 0 radical (unpaired) electrons. The van der Waals surface area contributed by atoms with Gasteiger partial charge in [-0.05, 0) is 62.4 Å². The van der Waals surface area contributed by atoms with E-state index in [4.69, 9.17) is 16.7 Å². The molecule has 3 rings (SSSR count). The summed E-state index contributed by atoms with van der Waals surface area (Å²) in [5.74, 6) is -0.465. The van der Waals surface area contributed by atoms with Crippen LogP contribution in [0.4, 0.5) is 5.69 Å². The van der Waals surface area contributed by atoms with Crippen LogP contribution in [-0.2, 0) is 10.0 Å². The fourth-order valence-electron chi connectivity index (χ4n) is 2.87. The number of aromatic nitrogens is 2. The van der Waals surface area contributed by atoms with E-state index in [1.54, 1.807) is 38.1 Å². The van der Waals surface area contributed by atoms with Gasteiger partial charge in [0.15, 0.2) is 5.78 Å². The van der Waals surface area contributed by atoms with Crippen molar-refractivity contribution >= 4 is 33.1 Å². The number of H-pyrrole nitrogens is 1. The number of carbonyl (C=O) groups excluding carboxylic acids is 1. The van der Waals surface area contributed by atoms with E-state index in [1.165, 1.54) is 35.0 Å². The highest BCUT2D eigenvalue weighted by Gasteiger charge is 2.18. The third-order valence-electron chi connectivity index (χ3n) is 4.27. The number of benzene rings is 2. The Kier molecular flexibility index (Phi) is 5.97. The van der Waals surface area contributed by atoms with Gasteiger partial charge in [-0.3, -0.25) is 14.7 Å². The number of hydrogen-bond acceptors (Lipinski definition) is 5. The number of aromatic amines is 1. The van der Waals surface area contributed by atoms with Crippen molar-refractivity contribution in [3.63, 3.8) is 0 Å². The molecule has 0 aliphatic rings. The molecule has 3 aromatic rings. The first-order chi connectivity index (χ1) is 14.1. The maximum Gasteiger partial charge on any atom is 0.282 e. The number of rotatable bonds is 6. The Hall–Kier alpha value is -3.14. The number of nitrogens with zero attached hydrogens (tertiary/aromatic N) is 1. The molecule has 0 fully saturated rings. The fraction of sp³-hybridized carbons (Fsp3) is 0.100. The zero-order valence-electron chi connectivity index (χ0n) is 16.1. The molecular weight excluding hydrogens is 428 g/mol. The Morgan fingerprint density at radius 2 is 1.73 bits per heavy atom. The molecular formula is C20H19ClN4O4S. The largest absolute Gasteiger partial charge is 0.359 e. The van der Waals surface area contributed by atoms with Gasteiger partial charge in [0.1, 0.15) is 5.56 Å². The normalized spacial score (nSPS) is 12.1. The van der Waals surface area contributed by atoms with Crippen LogP contribution < -0.4 is 16.0 Å². The lowest BCUT2D eigenvalue weighted by atomic mass is 10.1. The summed E-state index contributed by atoms with van der Waals surface area (Å²) in [4.78, 5) is 25.4. The highest BCUT2D eigenvalue weighted by molar-refractivity contribution is 7.89. The van der Waals surface area contributed by atoms with Gasteiger partial charge in [0.2, 0.25) is 10.0 Å². The molecule has 8 nitrogen and oxygen atoms in total. The third-order valence-corrected chi connectivity index (χ3v) is 5.46. The van der Waals surface area contributed by atoms with Crippen molar-refractivity contribution in [2.45, 2.75) is 18.7 Å². The lowest BCUT2D eigenvalue weighted by Gasteiger charge is -2.06. The first-order valence-corrected chi connectivity index (χ1v) is 10.7. The number of anilines is 1. The van der Waals surface area contributed by atoms with E-state index < -0.39 is 21.4 Å². The lowest BCUT2D eigenvalue weighted by Crippen LogP contribution is -2.20. The molecule has 30 heavy (non-hydrogen) atoms. The Morgan fingerprint density at radius 1 is 1.13 bits per heavy atom. The van der Waals surface area contributed by atoms with Gasteiger partial charge < -0.3 is 5.32 Å². The number of nitrogens with one attached hydrogen (secondary N) is 2. The molecule has 0 unspecified atom stereocenters. The van der Waals surface area contributed by atoms with Crippen molar-refractivity contribution in [3.8, 4) is 5.69 Å². The van der Waals surface area contributed by atoms with Crippen molar-refractivity contribution in [1.29, 1.82) is 0 Å². The molecule has 0 atom stereocenters. The zero-order valence-corrected chi connectivity index (χ0v) is 17.7. The van der Waals surface area contributed by atoms with Gasteiger partial charge in [-0.15, -0.1) is 0 Å². The van der Waals surface area contributed by atoms with Crippen LogP contribution in [0, 0.1) is 6.92 Å². The minimum absolute atomic E-state index is 0.0113. The van der Waals surface area contributed by atoms with Crippen LogP contribution in [-0.4, -0.2) is 24.0 Å². The Morgan fingerprint density at radius 3 is 2.30 bits per heavy atom. The summed E-state index contributed by atoms with van der Waals surface area (Å²) < 4.78 is 23.9. The first-order valence-electron chi connectivity index (χ1n) is 8.76. The summed E-state index contributed by atoms with van der Waals surface area (Å²) in [6, 6.07) is 12.4. The summed E-state index contributed by atoms with van der Waals surface area (Å²) in [5.41, 5.74) is 1.50. The van der Waals surface area contributed by atoms with Gasteiger partial charge in [0.25, 0.3) is 5.56 Å². The monoisotopic (exact) mass is 446 g/mol. The number of ketones is 1. The molecule has 4 N–H and O–H groups in total. The van der Waals surface area contributed by atoms with E-state index in [1.807, 2.05) is 0 Å². The van der Waals surface area contributed by atoms with Crippen LogP contribution in [0.15, 0.2) is 70.0 Å². The van der Waals surface area contributed by atoms with Gasteiger partial charge >= 0.3 is 0 Å². The first kappa shape index (κ1) is 21.6. The number of sulfonamides is 1. The van der Waals surface area contributed by atoms with Crippen LogP contribution in [0.25, 0.3) is 5.69 Å². The number of halogens is 1. The Bertz CT molecular complexity index is 1290. The molecule has 0 saturated heterocycles. The van der Waals surface area contributed by atoms with Gasteiger partial charge in [0, 0.05) is 28.2 Å². The van der Waals surface area contributed by atoms with E-state index >= 15 is 0 Å². The Labute approximate surface area is 178 Å². The molecule has 0 bridgehead atoms. The number of primary sulfonamides is 1. The van der Waals surface area contributed by atoms with E-state index in [0.29, 0.717) is 22.1 Å². The van der Waals surface area contributed by atoms with Crippen molar-refractivity contribution in [2.75, 3.05) is 5.32 Å². The lowest BCUT2D eigenvalue weighted by molar-refractivity contribution is 0.104. The van der Waals surface area contributed by atoms with Crippen molar-refractivity contribution in [2.24, 2.45) is 5.14 Å². The highest BCUT2D eigenvalue weighted by atomic mass is 35.5. The average molecular weight is 447 g/mol. The number of carbonyl (C=O) groups is 1. The number of allylic oxidation sites excluding steroid dienone is 2. The average Bonchev–Trinajstić information content (AvgIpc) is 2.97. The summed E-state index contributed by atoms with van der Waals surface area (Å²) in [5, 5.41) is 11.6. The summed E-state index contributed by atoms with van der Waals surface area (Å²) in [6.07, 6.45) is 1.33. The molecule has 2 aromatic carbocycles. The molecule has 1 aromatic heterocycles. The summed E-state index contributed by atoms with van der Waals surface area (Å²) in [6.45, 7) is 3.32. The number of aryl methyl sites for hydroxylation is 1. The third kappa shape index (κ3) is 4.70. The van der Waals surface area contributed by atoms with Gasteiger partial charge in [-0.2, -0.15) is 0 Å². The second kappa shape index (κ2) is 8.31. The molecule has 0 aliphatic carbocycles. The topological polar surface area (TPSA) is 127 Å². The fourth-order valence-corrected chi connectivity index (χ4v) is 3.51. The SMILES string of the molecule is C/C(=C/C(=O)c1c(C)[nH]n(-c2ccc(S(N)(=O)=O)cc2)c1=O)Nc1ccc(Cl)cc1. The number of hydrogen-bond donors (Lipinski definition) is 3. The van der Waals surface area contributed by atoms with Crippen molar-refractivity contribution in [1.82, 2.24) is 9.78 Å². The molecule has 0 spiro atoms. The molecule has 0 aliphatic heterocycles. The van der Waals surface area contributed by atoms with Crippen molar-refractivity contribution in [3.05, 3.63) is 86.9 Å². The van der Waals surface area contributed by atoms with E-state index in [-0.39, 0.29) is 10.5 Å². The predicted molar refractivity (Wildman–Crippen MR) is 116 cm³/mol. The Balaban J connectivity index is 1.88. The van der Waals surface area contributed by atoms with Crippen LogP contribution in [0.1, 0.15) is 23.0 Å². The molecule has 10 heteroatoms. The van der Waals surface area contributed by atoms with Gasteiger partial charge in [0.05, 0.1) is 10.6 Å². The second-order valence-electron chi connectivity index (χ2n) is 6.61. The van der Waals surface area contributed by atoms with Gasteiger partial charge in [-0.1, -0.05) is 11.6 Å². The van der Waals surface area contributed by atoms with Crippen LogP contribution in [0.5, 0.6) is 0 Å². The van der Waals surface area contributed by atoms with Crippen molar-refractivity contribution < 1.29 is 13.2 Å². The quantitative estimate of drug-likeness (QED) is 0.396. The van der Waals surface area contributed by atoms with Crippen LogP contribution in [0.2, 0.25) is 5.02 Å². The molecule has 0 saturated carbocycles. The van der Waals surface area contributed by atoms with Crippen LogP contribution in [0.3, 0.4) is 0 Å². The van der Waals surface area contributed by atoms with Gasteiger partial charge in [-0.25, -0.2) is 18.2 Å². The molecule has 156 valence electrons. The van der Waals surface area contributed by atoms with E-state index in [9.17, 15) is 18.0 Å². The van der Waals surface area contributed by atoms with E-state index in [2.05, 4.69) is 10.4 Å². The van der Waals surface area contributed by atoms with Crippen LogP contribution >= 0.6 is 11.6 Å².